The van der Waals surface area contributed by atoms with Crippen LogP contribution in [0.3, 0.4) is 0 Å². The van der Waals surface area contributed by atoms with Gasteiger partial charge in [-0.2, -0.15) is 0 Å². The van der Waals surface area contributed by atoms with Crippen LogP contribution in [0.2, 0.25) is 10.0 Å². The Morgan fingerprint density at radius 2 is 2.03 bits per heavy atom. The summed E-state index contributed by atoms with van der Waals surface area (Å²) >= 11 is 13.5. The zero-order chi connectivity index (χ0) is 22.5. The van der Waals surface area contributed by atoms with Crippen molar-refractivity contribution in [3.63, 3.8) is 0 Å². The normalized spacial score (nSPS) is 15.8. The molecule has 1 aliphatic heterocycles. The lowest BCUT2D eigenvalue weighted by Crippen LogP contribution is -2.46. The van der Waals surface area contributed by atoms with Gasteiger partial charge in [0, 0.05) is 33.5 Å². The molecule has 0 aromatic heterocycles. The van der Waals surface area contributed by atoms with Gasteiger partial charge >= 0.3 is 12.0 Å². The van der Waals surface area contributed by atoms with Crippen molar-refractivity contribution in [2.75, 3.05) is 12.4 Å². The van der Waals surface area contributed by atoms with E-state index in [2.05, 4.69) is 10.6 Å². The molecular weight excluding hydrogens is 465 g/mol. The van der Waals surface area contributed by atoms with Gasteiger partial charge in [-0.25, -0.2) is 9.59 Å². The maximum atomic E-state index is 12.8. The standard InChI is InChI=1S/C20H17Cl2N3O5S/c1-2-30-19(26)17-15(10-31-16-9-12(21)6-7-14(16)22)23-20(27)24-18(17)11-4-3-5-13(8-11)25(28)29/h3-9,18H,2,10H2,1H3,(H2,23,24,27)/t18-/m0/s1. The Hall–Kier alpha value is -2.75. The molecule has 162 valence electrons. The van der Waals surface area contributed by atoms with Crippen molar-refractivity contribution >= 4 is 52.7 Å². The Bertz CT molecular complexity index is 1080. The van der Waals surface area contributed by atoms with Crippen LogP contribution in [0.1, 0.15) is 18.5 Å². The number of rotatable bonds is 7. The number of hydrogen-bond acceptors (Lipinski definition) is 6. The number of thioether (sulfide) groups is 1. The van der Waals surface area contributed by atoms with E-state index in [1.807, 2.05) is 0 Å². The molecule has 11 heteroatoms. The Labute approximate surface area is 192 Å². The molecule has 2 aromatic rings. The van der Waals surface area contributed by atoms with Crippen LogP contribution in [0.25, 0.3) is 0 Å². The molecule has 1 heterocycles. The molecule has 0 bridgehead atoms. The van der Waals surface area contributed by atoms with E-state index in [-0.39, 0.29) is 23.6 Å². The molecule has 2 N–H and O–H groups in total. The van der Waals surface area contributed by atoms with Gasteiger partial charge in [0.1, 0.15) is 0 Å². The number of amides is 2. The number of carbonyl (C=O) groups is 2. The maximum absolute atomic E-state index is 12.8. The minimum Gasteiger partial charge on any atom is -0.463 e. The first-order chi connectivity index (χ1) is 14.8. The highest BCUT2D eigenvalue weighted by Crippen LogP contribution is 2.34. The second-order valence-electron chi connectivity index (χ2n) is 6.36. The minimum atomic E-state index is -0.918. The lowest BCUT2D eigenvalue weighted by molar-refractivity contribution is -0.384. The first-order valence-corrected chi connectivity index (χ1v) is 10.8. The van der Waals surface area contributed by atoms with E-state index < -0.39 is 23.0 Å². The van der Waals surface area contributed by atoms with Gasteiger partial charge in [-0.15, -0.1) is 11.8 Å². The van der Waals surface area contributed by atoms with E-state index in [4.69, 9.17) is 27.9 Å². The number of non-ortho nitro benzene ring substituents is 1. The Kier molecular flexibility index (Phi) is 7.42. The summed E-state index contributed by atoms with van der Waals surface area (Å²) in [5, 5.41) is 17.4. The van der Waals surface area contributed by atoms with Gasteiger partial charge in [0.25, 0.3) is 5.69 Å². The minimum absolute atomic E-state index is 0.123. The van der Waals surface area contributed by atoms with Gasteiger partial charge < -0.3 is 15.4 Å². The number of urea groups is 1. The number of nitro groups is 1. The Morgan fingerprint density at radius 1 is 1.26 bits per heavy atom. The van der Waals surface area contributed by atoms with Crippen LogP contribution < -0.4 is 10.6 Å². The number of carbonyl (C=O) groups excluding carboxylic acids is 2. The zero-order valence-corrected chi connectivity index (χ0v) is 18.5. The van der Waals surface area contributed by atoms with Crippen LogP contribution in [0.5, 0.6) is 0 Å². The lowest BCUT2D eigenvalue weighted by atomic mass is 9.95. The monoisotopic (exact) mass is 481 g/mol. The molecule has 0 unspecified atom stereocenters. The summed E-state index contributed by atoms with van der Waals surface area (Å²) in [6.45, 7) is 1.79. The van der Waals surface area contributed by atoms with E-state index in [0.29, 0.717) is 26.2 Å². The van der Waals surface area contributed by atoms with E-state index in [0.717, 1.165) is 0 Å². The summed E-state index contributed by atoms with van der Waals surface area (Å²) in [4.78, 5) is 36.4. The van der Waals surface area contributed by atoms with Crippen molar-refractivity contribution in [1.29, 1.82) is 0 Å². The molecule has 0 aliphatic carbocycles. The van der Waals surface area contributed by atoms with E-state index in [1.165, 1.54) is 30.0 Å². The average Bonchev–Trinajstić information content (AvgIpc) is 2.74. The molecule has 0 fully saturated rings. The number of hydrogen-bond donors (Lipinski definition) is 2. The van der Waals surface area contributed by atoms with Crippen LogP contribution in [0.4, 0.5) is 10.5 Å². The third kappa shape index (κ3) is 5.49. The van der Waals surface area contributed by atoms with Gasteiger partial charge in [-0.3, -0.25) is 10.1 Å². The predicted molar refractivity (Wildman–Crippen MR) is 118 cm³/mol. The van der Waals surface area contributed by atoms with Crippen molar-refractivity contribution in [2.24, 2.45) is 0 Å². The molecule has 1 aliphatic rings. The van der Waals surface area contributed by atoms with Crippen LogP contribution in [-0.2, 0) is 9.53 Å². The second kappa shape index (κ2) is 10.0. The van der Waals surface area contributed by atoms with E-state index in [1.54, 1.807) is 31.2 Å². The molecular formula is C20H17Cl2N3O5S. The summed E-state index contributed by atoms with van der Waals surface area (Å²) in [7, 11) is 0. The second-order valence-corrected chi connectivity index (χ2v) is 8.22. The lowest BCUT2D eigenvalue weighted by Gasteiger charge is -2.29. The highest BCUT2D eigenvalue weighted by atomic mass is 35.5. The maximum Gasteiger partial charge on any atom is 0.338 e. The van der Waals surface area contributed by atoms with Crippen molar-refractivity contribution in [3.8, 4) is 0 Å². The molecule has 0 saturated heterocycles. The van der Waals surface area contributed by atoms with Gasteiger partial charge in [-0.05, 0) is 30.7 Å². The smallest absolute Gasteiger partial charge is 0.338 e. The highest BCUT2D eigenvalue weighted by Gasteiger charge is 2.34. The molecule has 3 rings (SSSR count). The Balaban J connectivity index is 2.02. The highest BCUT2D eigenvalue weighted by molar-refractivity contribution is 7.99. The number of esters is 1. The summed E-state index contributed by atoms with van der Waals surface area (Å²) in [5.41, 5.74) is 0.706. The molecule has 0 radical (unpaired) electrons. The third-order valence-corrected chi connectivity index (χ3v) is 6.09. The summed E-state index contributed by atoms with van der Waals surface area (Å²) in [6, 6.07) is 9.26. The van der Waals surface area contributed by atoms with Crippen molar-refractivity contribution < 1.29 is 19.2 Å². The third-order valence-electron chi connectivity index (χ3n) is 4.33. The van der Waals surface area contributed by atoms with E-state index in [9.17, 15) is 19.7 Å². The number of nitro benzene ring substituents is 1. The summed E-state index contributed by atoms with van der Waals surface area (Å²) in [6.07, 6.45) is 0. The molecule has 0 spiro atoms. The summed E-state index contributed by atoms with van der Waals surface area (Å²) < 4.78 is 5.19. The number of nitrogens with zero attached hydrogens (tertiary/aromatic N) is 1. The van der Waals surface area contributed by atoms with Gasteiger partial charge in [-0.1, -0.05) is 35.3 Å². The van der Waals surface area contributed by atoms with E-state index >= 15 is 0 Å². The molecule has 1 atom stereocenters. The number of nitrogens with one attached hydrogen (secondary N) is 2. The quantitative estimate of drug-likeness (QED) is 0.252. The topological polar surface area (TPSA) is 111 Å². The fourth-order valence-electron chi connectivity index (χ4n) is 2.99. The van der Waals surface area contributed by atoms with Gasteiger partial charge in [0.2, 0.25) is 0 Å². The van der Waals surface area contributed by atoms with Crippen molar-refractivity contribution in [1.82, 2.24) is 10.6 Å². The molecule has 0 saturated carbocycles. The first kappa shape index (κ1) is 22.9. The van der Waals surface area contributed by atoms with Crippen LogP contribution in [0, 0.1) is 10.1 Å². The molecule has 2 aromatic carbocycles. The van der Waals surface area contributed by atoms with Gasteiger partial charge in [0.15, 0.2) is 0 Å². The zero-order valence-electron chi connectivity index (χ0n) is 16.2. The number of halogens is 2. The van der Waals surface area contributed by atoms with Crippen LogP contribution >= 0.6 is 35.0 Å². The van der Waals surface area contributed by atoms with Crippen molar-refractivity contribution in [2.45, 2.75) is 17.9 Å². The summed E-state index contributed by atoms with van der Waals surface area (Å²) in [5.74, 6) is -0.452. The largest absolute Gasteiger partial charge is 0.463 e. The van der Waals surface area contributed by atoms with Crippen LogP contribution in [-0.4, -0.2) is 29.3 Å². The SMILES string of the molecule is CCOC(=O)C1=C(CSc2cc(Cl)ccc2Cl)NC(=O)N[C@H]1c1cccc([N+](=O)[O-])c1. The predicted octanol–water partition coefficient (Wildman–Crippen LogP) is 4.87. The molecule has 2 amide bonds. The Morgan fingerprint density at radius 3 is 2.74 bits per heavy atom. The fourth-order valence-corrected chi connectivity index (χ4v) is 4.45. The molecule has 8 nitrogen and oxygen atoms in total. The van der Waals surface area contributed by atoms with Gasteiger partial charge in [0.05, 0.1) is 28.2 Å². The van der Waals surface area contributed by atoms with Crippen LogP contribution in [0.15, 0.2) is 58.6 Å². The first-order valence-electron chi connectivity index (χ1n) is 9.10. The molecule has 31 heavy (non-hydrogen) atoms. The van der Waals surface area contributed by atoms with Crippen molar-refractivity contribution in [3.05, 3.63) is 79.5 Å². The number of ether oxygens (including phenoxy) is 1. The average molecular weight is 482 g/mol. The fraction of sp³-hybridized carbons (Fsp3) is 0.200. The number of benzene rings is 2.